The summed E-state index contributed by atoms with van der Waals surface area (Å²) < 4.78 is 5.66. The molecule has 1 N–H and O–H groups in total. The summed E-state index contributed by atoms with van der Waals surface area (Å²) in [4.78, 5) is 5.26. The van der Waals surface area contributed by atoms with Crippen molar-refractivity contribution >= 4 is 0 Å². The fourth-order valence-corrected chi connectivity index (χ4v) is 3.33. The summed E-state index contributed by atoms with van der Waals surface area (Å²) >= 11 is 0. The first kappa shape index (κ1) is 15.2. The Kier molecular flexibility index (Phi) is 6.07. The van der Waals surface area contributed by atoms with Gasteiger partial charge in [-0.1, -0.05) is 6.92 Å². The molecule has 0 amide bonds. The SMILES string of the molecule is CCC(C)N1CCN(CC2COCCC2NC)CC1. The number of hydrogen-bond acceptors (Lipinski definition) is 4. The molecule has 2 aliphatic heterocycles. The molecule has 0 aromatic heterocycles. The quantitative estimate of drug-likeness (QED) is 0.807. The second-order valence-electron chi connectivity index (χ2n) is 6.11. The first-order valence-electron chi connectivity index (χ1n) is 7.96. The Morgan fingerprint density at radius 1 is 1.26 bits per heavy atom. The summed E-state index contributed by atoms with van der Waals surface area (Å²) in [6, 6.07) is 1.38. The molecule has 2 rings (SSSR count). The maximum absolute atomic E-state index is 5.66. The zero-order valence-electron chi connectivity index (χ0n) is 12.9. The number of nitrogens with zero attached hydrogens (tertiary/aromatic N) is 2. The van der Waals surface area contributed by atoms with Crippen LogP contribution in [0.3, 0.4) is 0 Å². The Morgan fingerprint density at radius 3 is 2.63 bits per heavy atom. The van der Waals surface area contributed by atoms with Crippen molar-refractivity contribution in [1.82, 2.24) is 15.1 Å². The lowest BCUT2D eigenvalue weighted by Gasteiger charge is -2.41. The summed E-state index contributed by atoms with van der Waals surface area (Å²) in [6.45, 7) is 12.6. The van der Waals surface area contributed by atoms with Crippen LogP contribution in [0.4, 0.5) is 0 Å². The average Bonchev–Trinajstić information content (AvgIpc) is 2.48. The lowest BCUT2D eigenvalue weighted by atomic mass is 9.95. The van der Waals surface area contributed by atoms with Crippen LogP contribution in [0.25, 0.3) is 0 Å². The van der Waals surface area contributed by atoms with Gasteiger partial charge in [-0.15, -0.1) is 0 Å². The first-order chi connectivity index (χ1) is 9.24. The maximum atomic E-state index is 5.66. The monoisotopic (exact) mass is 269 g/mol. The lowest BCUT2D eigenvalue weighted by Crippen LogP contribution is -2.53. The van der Waals surface area contributed by atoms with Gasteiger partial charge in [-0.05, 0) is 26.8 Å². The summed E-state index contributed by atoms with van der Waals surface area (Å²) in [5, 5.41) is 3.46. The van der Waals surface area contributed by atoms with E-state index in [2.05, 4.69) is 36.0 Å². The smallest absolute Gasteiger partial charge is 0.0521 e. The Labute approximate surface area is 118 Å². The topological polar surface area (TPSA) is 27.7 Å². The van der Waals surface area contributed by atoms with Crippen LogP contribution in [0.1, 0.15) is 26.7 Å². The number of nitrogens with one attached hydrogen (secondary N) is 1. The molecule has 0 spiro atoms. The summed E-state index contributed by atoms with van der Waals surface area (Å²) in [6.07, 6.45) is 2.42. The third-order valence-corrected chi connectivity index (χ3v) is 4.96. The zero-order chi connectivity index (χ0) is 13.7. The normalized spacial score (nSPS) is 32.4. The van der Waals surface area contributed by atoms with Gasteiger partial charge in [0.25, 0.3) is 0 Å². The molecule has 2 saturated heterocycles. The van der Waals surface area contributed by atoms with Gasteiger partial charge in [-0.3, -0.25) is 4.90 Å². The highest BCUT2D eigenvalue weighted by atomic mass is 16.5. The highest BCUT2D eigenvalue weighted by Gasteiger charge is 2.28. The number of piperazine rings is 1. The van der Waals surface area contributed by atoms with E-state index in [1.807, 2.05) is 0 Å². The molecule has 19 heavy (non-hydrogen) atoms. The van der Waals surface area contributed by atoms with E-state index in [9.17, 15) is 0 Å². The van der Waals surface area contributed by atoms with E-state index in [0.29, 0.717) is 12.0 Å². The molecule has 4 nitrogen and oxygen atoms in total. The van der Waals surface area contributed by atoms with Crippen LogP contribution in [0.5, 0.6) is 0 Å². The van der Waals surface area contributed by atoms with Crippen molar-refractivity contribution in [3.05, 3.63) is 0 Å². The minimum absolute atomic E-state index is 0.640. The Hall–Kier alpha value is -0.160. The molecule has 4 heteroatoms. The van der Waals surface area contributed by atoms with Crippen LogP contribution in [0.2, 0.25) is 0 Å². The maximum Gasteiger partial charge on any atom is 0.0521 e. The summed E-state index contributed by atoms with van der Waals surface area (Å²) in [5.74, 6) is 0.661. The third kappa shape index (κ3) is 4.15. The van der Waals surface area contributed by atoms with Gasteiger partial charge in [0.15, 0.2) is 0 Å². The van der Waals surface area contributed by atoms with E-state index >= 15 is 0 Å². The van der Waals surface area contributed by atoms with E-state index < -0.39 is 0 Å². The molecule has 2 fully saturated rings. The van der Waals surface area contributed by atoms with Gasteiger partial charge in [0.2, 0.25) is 0 Å². The highest BCUT2D eigenvalue weighted by molar-refractivity contribution is 4.83. The molecule has 0 aliphatic carbocycles. The number of hydrogen-bond donors (Lipinski definition) is 1. The molecule has 0 aromatic rings. The molecule has 0 aromatic carbocycles. The van der Waals surface area contributed by atoms with Crippen molar-refractivity contribution in [3.63, 3.8) is 0 Å². The Bertz CT molecular complexity index is 254. The fraction of sp³-hybridized carbons (Fsp3) is 1.00. The molecule has 3 unspecified atom stereocenters. The first-order valence-corrected chi connectivity index (χ1v) is 7.96. The average molecular weight is 269 g/mol. The second kappa shape index (κ2) is 7.58. The van der Waals surface area contributed by atoms with Crippen molar-refractivity contribution in [2.45, 2.75) is 38.8 Å². The van der Waals surface area contributed by atoms with Crippen molar-refractivity contribution < 1.29 is 4.74 Å². The zero-order valence-corrected chi connectivity index (χ0v) is 12.9. The minimum atomic E-state index is 0.640. The molecule has 3 atom stereocenters. The summed E-state index contributed by atoms with van der Waals surface area (Å²) in [7, 11) is 2.09. The molecular weight excluding hydrogens is 238 g/mol. The van der Waals surface area contributed by atoms with Gasteiger partial charge in [0.05, 0.1) is 6.61 Å². The van der Waals surface area contributed by atoms with E-state index in [0.717, 1.165) is 25.7 Å². The highest BCUT2D eigenvalue weighted by Crippen LogP contribution is 2.17. The van der Waals surface area contributed by atoms with Crippen molar-refractivity contribution in [1.29, 1.82) is 0 Å². The van der Waals surface area contributed by atoms with E-state index in [1.165, 1.54) is 39.1 Å². The van der Waals surface area contributed by atoms with Gasteiger partial charge in [-0.25, -0.2) is 0 Å². The van der Waals surface area contributed by atoms with Crippen LogP contribution in [-0.2, 0) is 4.74 Å². The third-order valence-electron chi connectivity index (χ3n) is 4.96. The molecule has 2 aliphatic rings. The number of ether oxygens (including phenoxy) is 1. The van der Waals surface area contributed by atoms with Gasteiger partial charge in [0, 0.05) is 57.3 Å². The predicted molar refractivity (Wildman–Crippen MR) is 79.5 cm³/mol. The number of rotatable bonds is 5. The van der Waals surface area contributed by atoms with Crippen molar-refractivity contribution in [2.24, 2.45) is 5.92 Å². The van der Waals surface area contributed by atoms with Gasteiger partial charge in [-0.2, -0.15) is 0 Å². The molecule has 0 radical (unpaired) electrons. The fourth-order valence-electron chi connectivity index (χ4n) is 3.33. The van der Waals surface area contributed by atoms with Gasteiger partial charge >= 0.3 is 0 Å². The van der Waals surface area contributed by atoms with Gasteiger partial charge in [0.1, 0.15) is 0 Å². The van der Waals surface area contributed by atoms with E-state index in [4.69, 9.17) is 4.74 Å². The van der Waals surface area contributed by atoms with E-state index in [1.54, 1.807) is 0 Å². The van der Waals surface area contributed by atoms with Crippen molar-refractivity contribution in [2.75, 3.05) is 53.0 Å². The molecule has 112 valence electrons. The van der Waals surface area contributed by atoms with Crippen LogP contribution in [0, 0.1) is 5.92 Å². The van der Waals surface area contributed by atoms with Crippen LogP contribution < -0.4 is 5.32 Å². The van der Waals surface area contributed by atoms with Crippen molar-refractivity contribution in [3.8, 4) is 0 Å². The van der Waals surface area contributed by atoms with Gasteiger partial charge < -0.3 is 15.0 Å². The molecule has 0 bridgehead atoms. The predicted octanol–water partition coefficient (Wildman–Crippen LogP) is 1.03. The Morgan fingerprint density at radius 2 is 2.00 bits per heavy atom. The van der Waals surface area contributed by atoms with E-state index in [-0.39, 0.29) is 0 Å². The Balaban J connectivity index is 1.75. The minimum Gasteiger partial charge on any atom is -0.381 e. The lowest BCUT2D eigenvalue weighted by molar-refractivity contribution is 0.00758. The molecular formula is C15H31N3O. The van der Waals surface area contributed by atoms with Crippen LogP contribution >= 0.6 is 0 Å². The molecule has 0 saturated carbocycles. The van der Waals surface area contributed by atoms with Crippen LogP contribution in [0.15, 0.2) is 0 Å². The van der Waals surface area contributed by atoms with Crippen LogP contribution in [-0.4, -0.2) is 74.9 Å². The standard InChI is InChI=1S/C15H31N3O/c1-4-13(2)18-8-6-17(7-9-18)11-14-12-19-10-5-15(14)16-3/h13-16H,4-12H2,1-3H3. The second-order valence-corrected chi connectivity index (χ2v) is 6.11. The summed E-state index contributed by atoms with van der Waals surface area (Å²) in [5.41, 5.74) is 0. The largest absolute Gasteiger partial charge is 0.381 e. The molecule has 2 heterocycles.